The van der Waals surface area contributed by atoms with E-state index in [4.69, 9.17) is 9.47 Å². The van der Waals surface area contributed by atoms with Crippen molar-refractivity contribution in [3.05, 3.63) is 57.8 Å². The van der Waals surface area contributed by atoms with E-state index in [-0.39, 0.29) is 11.9 Å². The molecule has 0 spiro atoms. The summed E-state index contributed by atoms with van der Waals surface area (Å²) >= 11 is 3.49. The number of methoxy groups -OCH3 is 1. The fraction of sp³-hybridized carbons (Fsp3) is 0.250. The van der Waals surface area contributed by atoms with Crippen LogP contribution >= 0.6 is 15.9 Å². The standard InChI is InChI=1S/C16H14BrFO3/c1-20-10-3-4-13(17)11(7-10)16-8-14(19)12-6-9(18)2-5-15(12)21-16/h2-7,14,16,19H,8H2,1H3/t14-,16?/m0/s1. The Morgan fingerprint density at radius 3 is 2.81 bits per heavy atom. The number of fused-ring (bicyclic) bond motifs is 1. The molecule has 1 aliphatic rings. The molecule has 2 atom stereocenters. The second-order valence-corrected chi connectivity index (χ2v) is 5.78. The van der Waals surface area contributed by atoms with E-state index in [0.717, 1.165) is 15.8 Å². The number of benzene rings is 2. The van der Waals surface area contributed by atoms with Crippen molar-refractivity contribution in [2.24, 2.45) is 0 Å². The molecule has 2 aromatic carbocycles. The zero-order chi connectivity index (χ0) is 15.0. The van der Waals surface area contributed by atoms with Gasteiger partial charge in [0.2, 0.25) is 0 Å². The van der Waals surface area contributed by atoms with Crippen LogP contribution in [0.2, 0.25) is 0 Å². The average Bonchev–Trinajstić information content (AvgIpc) is 2.48. The molecule has 0 aromatic heterocycles. The van der Waals surface area contributed by atoms with Crippen LogP contribution in [-0.2, 0) is 0 Å². The normalized spacial score (nSPS) is 20.6. The van der Waals surface area contributed by atoms with E-state index in [1.165, 1.54) is 12.1 Å². The average molecular weight is 353 g/mol. The quantitative estimate of drug-likeness (QED) is 0.882. The molecular weight excluding hydrogens is 339 g/mol. The molecule has 110 valence electrons. The Morgan fingerprint density at radius 2 is 2.05 bits per heavy atom. The monoisotopic (exact) mass is 352 g/mol. The van der Waals surface area contributed by atoms with E-state index in [9.17, 15) is 9.50 Å². The van der Waals surface area contributed by atoms with Crippen molar-refractivity contribution in [3.8, 4) is 11.5 Å². The van der Waals surface area contributed by atoms with Crippen molar-refractivity contribution >= 4 is 15.9 Å². The summed E-state index contributed by atoms with van der Waals surface area (Å²) in [4.78, 5) is 0. The van der Waals surface area contributed by atoms with Crippen LogP contribution in [0, 0.1) is 5.82 Å². The van der Waals surface area contributed by atoms with Gasteiger partial charge in [0.25, 0.3) is 0 Å². The highest BCUT2D eigenvalue weighted by Gasteiger charge is 2.29. The van der Waals surface area contributed by atoms with Crippen molar-refractivity contribution in [2.45, 2.75) is 18.6 Å². The van der Waals surface area contributed by atoms with E-state index in [0.29, 0.717) is 17.7 Å². The fourth-order valence-electron chi connectivity index (χ4n) is 2.50. The lowest BCUT2D eigenvalue weighted by Crippen LogP contribution is -2.19. The summed E-state index contributed by atoms with van der Waals surface area (Å²) in [5.41, 5.74) is 1.38. The van der Waals surface area contributed by atoms with Gasteiger partial charge in [0.05, 0.1) is 13.2 Å². The minimum absolute atomic E-state index is 0.317. The van der Waals surface area contributed by atoms with Crippen LogP contribution in [0.25, 0.3) is 0 Å². The van der Waals surface area contributed by atoms with Gasteiger partial charge in [0, 0.05) is 22.0 Å². The number of ether oxygens (including phenoxy) is 2. The highest BCUT2D eigenvalue weighted by atomic mass is 79.9. The van der Waals surface area contributed by atoms with Gasteiger partial charge in [-0.15, -0.1) is 0 Å². The molecule has 1 unspecified atom stereocenters. The fourth-order valence-corrected chi connectivity index (χ4v) is 3.01. The van der Waals surface area contributed by atoms with Gasteiger partial charge in [-0.1, -0.05) is 15.9 Å². The van der Waals surface area contributed by atoms with Gasteiger partial charge in [-0.05, 0) is 36.4 Å². The molecule has 0 saturated carbocycles. The largest absolute Gasteiger partial charge is 0.497 e. The molecule has 0 radical (unpaired) electrons. The second kappa shape index (κ2) is 5.66. The highest BCUT2D eigenvalue weighted by Crippen LogP contribution is 2.43. The molecule has 0 fully saturated rings. The predicted octanol–water partition coefficient (Wildman–Crippen LogP) is 4.15. The Bertz CT molecular complexity index is 675. The number of hydrogen-bond donors (Lipinski definition) is 1. The van der Waals surface area contributed by atoms with Crippen molar-refractivity contribution in [1.82, 2.24) is 0 Å². The third-order valence-electron chi connectivity index (χ3n) is 3.59. The van der Waals surface area contributed by atoms with Crippen LogP contribution in [0.1, 0.15) is 29.8 Å². The molecule has 0 bridgehead atoms. The topological polar surface area (TPSA) is 38.7 Å². The summed E-state index contributed by atoms with van der Waals surface area (Å²) in [5.74, 6) is 0.850. The van der Waals surface area contributed by atoms with Gasteiger partial charge < -0.3 is 14.6 Å². The third-order valence-corrected chi connectivity index (χ3v) is 4.31. The van der Waals surface area contributed by atoms with E-state index in [1.807, 2.05) is 18.2 Å². The first kappa shape index (κ1) is 14.4. The summed E-state index contributed by atoms with van der Waals surface area (Å²) in [6.45, 7) is 0. The van der Waals surface area contributed by atoms with Gasteiger partial charge in [0.15, 0.2) is 0 Å². The summed E-state index contributed by atoms with van der Waals surface area (Å²) in [5, 5.41) is 10.2. The molecule has 1 N–H and O–H groups in total. The first-order valence-corrected chi connectivity index (χ1v) is 7.35. The zero-order valence-electron chi connectivity index (χ0n) is 11.3. The van der Waals surface area contributed by atoms with E-state index >= 15 is 0 Å². The predicted molar refractivity (Wildman–Crippen MR) is 80.0 cm³/mol. The Labute approximate surface area is 130 Å². The number of hydrogen-bond acceptors (Lipinski definition) is 3. The van der Waals surface area contributed by atoms with Crippen LogP contribution in [0.4, 0.5) is 4.39 Å². The summed E-state index contributed by atoms with van der Waals surface area (Å²) in [6.07, 6.45) is -0.711. The number of aliphatic hydroxyl groups is 1. The molecule has 5 heteroatoms. The minimum atomic E-state index is -0.757. The van der Waals surface area contributed by atoms with Gasteiger partial charge >= 0.3 is 0 Å². The first-order valence-electron chi connectivity index (χ1n) is 6.56. The lowest BCUT2D eigenvalue weighted by Gasteiger charge is -2.30. The molecule has 0 amide bonds. The molecule has 0 saturated heterocycles. The maximum absolute atomic E-state index is 13.3. The second-order valence-electron chi connectivity index (χ2n) is 4.93. The van der Waals surface area contributed by atoms with Crippen LogP contribution in [0.15, 0.2) is 40.9 Å². The molecule has 2 aromatic rings. The van der Waals surface area contributed by atoms with Crippen molar-refractivity contribution in [2.75, 3.05) is 7.11 Å². The van der Waals surface area contributed by atoms with Gasteiger partial charge in [-0.2, -0.15) is 0 Å². The Hall–Kier alpha value is -1.59. The molecular formula is C16H14BrFO3. The molecule has 21 heavy (non-hydrogen) atoms. The number of halogens is 2. The summed E-state index contributed by atoms with van der Waals surface area (Å²) in [7, 11) is 1.60. The van der Waals surface area contributed by atoms with Gasteiger partial charge in [-0.3, -0.25) is 0 Å². The maximum atomic E-state index is 13.3. The van der Waals surface area contributed by atoms with Crippen molar-refractivity contribution < 1.29 is 19.0 Å². The Kier molecular flexibility index (Phi) is 3.87. The minimum Gasteiger partial charge on any atom is -0.497 e. The third kappa shape index (κ3) is 2.76. The molecule has 3 nitrogen and oxygen atoms in total. The lowest BCUT2D eigenvalue weighted by molar-refractivity contribution is 0.0649. The molecule has 1 heterocycles. The van der Waals surface area contributed by atoms with Crippen LogP contribution in [0.5, 0.6) is 11.5 Å². The summed E-state index contributed by atoms with van der Waals surface area (Å²) < 4.78 is 25.3. The maximum Gasteiger partial charge on any atom is 0.128 e. The van der Waals surface area contributed by atoms with Crippen molar-refractivity contribution in [1.29, 1.82) is 0 Å². The Morgan fingerprint density at radius 1 is 1.24 bits per heavy atom. The molecule has 1 aliphatic heterocycles. The van der Waals surface area contributed by atoms with Crippen molar-refractivity contribution in [3.63, 3.8) is 0 Å². The van der Waals surface area contributed by atoms with E-state index < -0.39 is 6.10 Å². The van der Waals surface area contributed by atoms with E-state index in [2.05, 4.69) is 15.9 Å². The van der Waals surface area contributed by atoms with E-state index in [1.54, 1.807) is 13.2 Å². The Balaban J connectivity index is 1.97. The smallest absolute Gasteiger partial charge is 0.128 e. The van der Waals surface area contributed by atoms with Gasteiger partial charge in [0.1, 0.15) is 23.4 Å². The summed E-state index contributed by atoms with van der Waals surface area (Å²) in [6, 6.07) is 9.79. The molecule has 3 rings (SSSR count). The SMILES string of the molecule is COc1ccc(Br)c(C2C[C@H](O)c3cc(F)ccc3O2)c1. The van der Waals surface area contributed by atoms with Crippen LogP contribution in [0.3, 0.4) is 0 Å². The number of rotatable bonds is 2. The lowest BCUT2D eigenvalue weighted by atomic mass is 9.95. The number of aliphatic hydroxyl groups excluding tert-OH is 1. The first-order chi connectivity index (χ1) is 10.1. The van der Waals surface area contributed by atoms with Crippen LogP contribution < -0.4 is 9.47 Å². The molecule has 0 aliphatic carbocycles. The van der Waals surface area contributed by atoms with Gasteiger partial charge in [-0.25, -0.2) is 4.39 Å². The zero-order valence-corrected chi connectivity index (χ0v) is 12.9. The highest BCUT2D eigenvalue weighted by molar-refractivity contribution is 9.10. The van der Waals surface area contributed by atoms with Crippen LogP contribution in [-0.4, -0.2) is 12.2 Å².